The summed E-state index contributed by atoms with van der Waals surface area (Å²) in [6, 6.07) is 15.2. The maximum absolute atomic E-state index is 12.3. The second kappa shape index (κ2) is 5.38. The van der Waals surface area contributed by atoms with Gasteiger partial charge in [0.15, 0.2) is 0 Å². The standard InChI is InChI=1S/C19H15N3O2/c1-12-5-4-6-14(9-12)22-19(24)16(18(23)21-22)10-13-11-20-17-8-3-2-7-15(13)17/h2-11,24H,1H3,(H,21,23)/b13-10+. The summed E-state index contributed by atoms with van der Waals surface area (Å²) in [4.78, 5) is 16.6. The minimum absolute atomic E-state index is 0.115. The lowest BCUT2D eigenvalue weighted by atomic mass is 10.1. The zero-order valence-corrected chi connectivity index (χ0v) is 13.0. The Labute approximate surface area is 138 Å². The third kappa shape index (κ3) is 2.27. The number of fused-ring (bicyclic) bond motifs is 1. The first-order valence-corrected chi connectivity index (χ1v) is 7.60. The Morgan fingerprint density at radius 2 is 2.00 bits per heavy atom. The number of hydrogen-bond acceptors (Lipinski definition) is 3. The van der Waals surface area contributed by atoms with E-state index < -0.39 is 0 Å². The van der Waals surface area contributed by atoms with Gasteiger partial charge in [0.25, 0.3) is 5.56 Å². The number of para-hydroxylation sites is 1. The van der Waals surface area contributed by atoms with E-state index >= 15 is 0 Å². The molecule has 5 nitrogen and oxygen atoms in total. The van der Waals surface area contributed by atoms with E-state index in [2.05, 4.69) is 10.1 Å². The first-order chi connectivity index (χ1) is 11.6. The number of aliphatic imine (C=N–C) groups is 1. The average molecular weight is 317 g/mol. The molecule has 2 aromatic carbocycles. The van der Waals surface area contributed by atoms with E-state index in [9.17, 15) is 9.90 Å². The van der Waals surface area contributed by atoms with Crippen LogP contribution in [0.4, 0.5) is 5.69 Å². The highest BCUT2D eigenvalue weighted by Gasteiger charge is 2.17. The Bertz CT molecular complexity index is 1050. The maximum Gasteiger partial charge on any atom is 0.275 e. The predicted molar refractivity (Wildman–Crippen MR) is 95.3 cm³/mol. The smallest absolute Gasteiger partial charge is 0.275 e. The van der Waals surface area contributed by atoms with Gasteiger partial charge in [0, 0.05) is 17.4 Å². The normalized spacial score (nSPS) is 14.3. The molecule has 0 bridgehead atoms. The van der Waals surface area contributed by atoms with Gasteiger partial charge >= 0.3 is 0 Å². The molecule has 24 heavy (non-hydrogen) atoms. The number of aromatic hydroxyl groups is 1. The zero-order valence-electron chi connectivity index (χ0n) is 13.0. The summed E-state index contributed by atoms with van der Waals surface area (Å²) >= 11 is 0. The quantitative estimate of drug-likeness (QED) is 0.760. The van der Waals surface area contributed by atoms with Gasteiger partial charge in [-0.1, -0.05) is 30.3 Å². The molecular weight excluding hydrogens is 302 g/mol. The van der Waals surface area contributed by atoms with Crippen molar-refractivity contribution in [1.82, 2.24) is 9.78 Å². The highest BCUT2D eigenvalue weighted by atomic mass is 16.3. The molecule has 3 aromatic rings. The molecule has 0 radical (unpaired) electrons. The van der Waals surface area contributed by atoms with Crippen molar-refractivity contribution in [3.8, 4) is 11.6 Å². The molecule has 0 saturated heterocycles. The van der Waals surface area contributed by atoms with Crippen molar-refractivity contribution in [2.45, 2.75) is 6.92 Å². The van der Waals surface area contributed by atoms with Crippen molar-refractivity contribution in [1.29, 1.82) is 0 Å². The molecule has 2 N–H and O–H groups in total. The number of benzene rings is 2. The van der Waals surface area contributed by atoms with E-state index in [4.69, 9.17) is 0 Å². The highest BCUT2D eigenvalue weighted by molar-refractivity contribution is 6.21. The highest BCUT2D eigenvalue weighted by Crippen LogP contribution is 2.33. The summed E-state index contributed by atoms with van der Waals surface area (Å²) in [5, 5.41) is 13.2. The van der Waals surface area contributed by atoms with Crippen LogP contribution in [0.1, 0.15) is 16.7 Å². The summed E-state index contributed by atoms with van der Waals surface area (Å²) in [5.41, 5.74) is 4.22. The Morgan fingerprint density at radius 1 is 1.17 bits per heavy atom. The Morgan fingerprint density at radius 3 is 2.83 bits per heavy atom. The second-order valence-corrected chi connectivity index (χ2v) is 5.73. The monoisotopic (exact) mass is 317 g/mol. The SMILES string of the molecule is Cc1cccc(-n2[nH]c(=O)c(/C=C3\C=Nc4ccccc43)c2O)c1. The van der Waals surface area contributed by atoms with Gasteiger partial charge in [0.1, 0.15) is 5.56 Å². The van der Waals surface area contributed by atoms with Crippen molar-refractivity contribution in [3.05, 3.63) is 75.6 Å². The molecule has 2 heterocycles. The number of hydrogen-bond donors (Lipinski definition) is 2. The number of rotatable bonds is 2. The van der Waals surface area contributed by atoms with Crippen LogP contribution in [0.2, 0.25) is 0 Å². The van der Waals surface area contributed by atoms with E-state index in [1.165, 1.54) is 4.68 Å². The van der Waals surface area contributed by atoms with Crippen LogP contribution in [0.25, 0.3) is 17.3 Å². The molecular formula is C19H15N3O2. The summed E-state index contributed by atoms with van der Waals surface area (Å²) in [5.74, 6) is -0.115. The number of aryl methyl sites for hydroxylation is 1. The molecule has 0 spiro atoms. The fourth-order valence-electron chi connectivity index (χ4n) is 2.83. The number of nitrogens with zero attached hydrogens (tertiary/aromatic N) is 2. The number of allylic oxidation sites excluding steroid dienone is 1. The van der Waals surface area contributed by atoms with E-state index in [0.717, 1.165) is 22.4 Å². The first kappa shape index (κ1) is 14.3. The van der Waals surface area contributed by atoms with Crippen molar-refractivity contribution in [3.63, 3.8) is 0 Å². The zero-order chi connectivity index (χ0) is 16.7. The molecule has 1 aromatic heterocycles. The number of nitrogens with one attached hydrogen (secondary N) is 1. The van der Waals surface area contributed by atoms with Gasteiger partial charge in [-0.05, 0) is 36.8 Å². The first-order valence-electron chi connectivity index (χ1n) is 7.60. The Kier molecular flexibility index (Phi) is 3.20. The fourth-order valence-corrected chi connectivity index (χ4v) is 2.83. The second-order valence-electron chi connectivity index (χ2n) is 5.73. The van der Waals surface area contributed by atoms with Crippen molar-refractivity contribution in [2.75, 3.05) is 0 Å². The number of H-pyrrole nitrogens is 1. The van der Waals surface area contributed by atoms with Crippen LogP contribution in [0.3, 0.4) is 0 Å². The van der Waals surface area contributed by atoms with Gasteiger partial charge in [0.05, 0.1) is 11.4 Å². The Hall–Kier alpha value is -3.34. The molecule has 4 rings (SSSR count). The minimum Gasteiger partial charge on any atom is -0.493 e. The van der Waals surface area contributed by atoms with Gasteiger partial charge in [-0.15, -0.1) is 0 Å². The van der Waals surface area contributed by atoms with Crippen LogP contribution >= 0.6 is 0 Å². The molecule has 0 saturated carbocycles. The number of aromatic nitrogens is 2. The van der Waals surface area contributed by atoms with Crippen LogP contribution < -0.4 is 5.56 Å². The average Bonchev–Trinajstić information content (AvgIpc) is 3.11. The summed E-state index contributed by atoms with van der Waals surface area (Å²) in [7, 11) is 0. The third-order valence-electron chi connectivity index (χ3n) is 4.03. The van der Waals surface area contributed by atoms with Gasteiger partial charge in [-0.2, -0.15) is 0 Å². The van der Waals surface area contributed by atoms with Crippen LogP contribution in [-0.2, 0) is 0 Å². The van der Waals surface area contributed by atoms with Crippen molar-refractivity contribution < 1.29 is 5.11 Å². The lowest BCUT2D eigenvalue weighted by molar-refractivity contribution is 0.432. The fraction of sp³-hybridized carbons (Fsp3) is 0.0526. The molecule has 0 aliphatic carbocycles. The maximum atomic E-state index is 12.3. The molecule has 1 aliphatic heterocycles. The third-order valence-corrected chi connectivity index (χ3v) is 4.03. The molecule has 0 unspecified atom stereocenters. The molecule has 0 amide bonds. The lowest BCUT2D eigenvalue weighted by Crippen LogP contribution is -2.05. The molecule has 5 heteroatoms. The summed E-state index contributed by atoms with van der Waals surface area (Å²) in [6.45, 7) is 1.96. The molecule has 118 valence electrons. The van der Waals surface area contributed by atoms with Gasteiger partial charge < -0.3 is 5.11 Å². The van der Waals surface area contributed by atoms with Crippen LogP contribution in [0.5, 0.6) is 5.88 Å². The van der Waals surface area contributed by atoms with Crippen LogP contribution in [-0.4, -0.2) is 21.1 Å². The minimum atomic E-state index is -0.348. The summed E-state index contributed by atoms with van der Waals surface area (Å²) < 4.78 is 1.39. The van der Waals surface area contributed by atoms with Crippen LogP contribution in [0.15, 0.2) is 58.3 Å². The Balaban J connectivity index is 1.83. The largest absolute Gasteiger partial charge is 0.493 e. The van der Waals surface area contributed by atoms with Gasteiger partial charge in [-0.25, -0.2) is 4.68 Å². The molecule has 0 fully saturated rings. The van der Waals surface area contributed by atoms with Crippen molar-refractivity contribution >= 4 is 23.6 Å². The van der Waals surface area contributed by atoms with Crippen molar-refractivity contribution in [2.24, 2.45) is 4.99 Å². The van der Waals surface area contributed by atoms with E-state index in [0.29, 0.717) is 5.69 Å². The van der Waals surface area contributed by atoms with E-state index in [1.807, 2.05) is 55.5 Å². The molecule has 1 aliphatic rings. The van der Waals surface area contributed by atoms with Gasteiger partial charge in [-0.3, -0.25) is 14.9 Å². The predicted octanol–water partition coefficient (Wildman–Crippen LogP) is 3.44. The number of aromatic amines is 1. The lowest BCUT2D eigenvalue weighted by Gasteiger charge is -2.05. The van der Waals surface area contributed by atoms with Gasteiger partial charge in [0.2, 0.25) is 5.88 Å². The van der Waals surface area contributed by atoms with E-state index in [-0.39, 0.29) is 17.0 Å². The van der Waals surface area contributed by atoms with E-state index in [1.54, 1.807) is 12.3 Å². The molecule has 0 atom stereocenters. The topological polar surface area (TPSA) is 70.4 Å². The van der Waals surface area contributed by atoms with Crippen LogP contribution in [0, 0.1) is 6.92 Å². The summed E-state index contributed by atoms with van der Waals surface area (Å²) in [6.07, 6.45) is 3.36.